The van der Waals surface area contributed by atoms with Crippen LogP contribution in [0.4, 0.5) is 11.4 Å². The van der Waals surface area contributed by atoms with Gasteiger partial charge in [0.25, 0.3) is 5.69 Å². The van der Waals surface area contributed by atoms with Crippen LogP contribution in [0.1, 0.15) is 18.1 Å². The van der Waals surface area contributed by atoms with Crippen LogP contribution in [0.3, 0.4) is 0 Å². The second-order valence-electron chi connectivity index (χ2n) is 5.51. The van der Waals surface area contributed by atoms with Crippen molar-refractivity contribution in [2.24, 2.45) is 0 Å². The zero-order valence-corrected chi connectivity index (χ0v) is 12.2. The van der Waals surface area contributed by atoms with E-state index < -0.39 is 4.92 Å². The molecule has 1 amide bonds. The van der Waals surface area contributed by atoms with Gasteiger partial charge >= 0.3 is 0 Å². The van der Waals surface area contributed by atoms with Crippen LogP contribution >= 0.6 is 0 Å². The fourth-order valence-electron chi connectivity index (χ4n) is 3.03. The van der Waals surface area contributed by atoms with E-state index in [1.807, 2.05) is 31.2 Å². The van der Waals surface area contributed by atoms with E-state index in [9.17, 15) is 14.9 Å². The van der Waals surface area contributed by atoms with Gasteiger partial charge < -0.3 is 4.90 Å². The van der Waals surface area contributed by atoms with Gasteiger partial charge in [-0.2, -0.15) is 0 Å². The highest BCUT2D eigenvalue weighted by atomic mass is 16.6. The van der Waals surface area contributed by atoms with Crippen LogP contribution in [-0.2, 0) is 17.6 Å². The van der Waals surface area contributed by atoms with Crippen molar-refractivity contribution in [3.05, 3.63) is 69.8 Å². The van der Waals surface area contributed by atoms with E-state index in [1.165, 1.54) is 6.07 Å². The Morgan fingerprint density at radius 3 is 2.68 bits per heavy atom. The van der Waals surface area contributed by atoms with E-state index >= 15 is 0 Å². The number of hydrogen-bond donors (Lipinski definition) is 0. The summed E-state index contributed by atoms with van der Waals surface area (Å²) in [5.41, 5.74) is 2.51. The van der Waals surface area contributed by atoms with Gasteiger partial charge in [-0.15, -0.1) is 0 Å². The van der Waals surface area contributed by atoms with Crippen molar-refractivity contribution >= 4 is 17.3 Å². The van der Waals surface area contributed by atoms with Crippen molar-refractivity contribution in [2.75, 3.05) is 4.90 Å². The smallest absolute Gasteiger partial charge is 0.273 e. The lowest BCUT2D eigenvalue weighted by molar-refractivity contribution is -0.385. The lowest BCUT2D eigenvalue weighted by Gasteiger charge is -2.22. The highest BCUT2D eigenvalue weighted by molar-refractivity contribution is 5.97. The number of carbonyl (C=O) groups excluding carboxylic acids is 1. The van der Waals surface area contributed by atoms with Gasteiger partial charge in [0, 0.05) is 23.4 Å². The monoisotopic (exact) mass is 296 g/mol. The van der Waals surface area contributed by atoms with Gasteiger partial charge in [-0.3, -0.25) is 14.9 Å². The van der Waals surface area contributed by atoms with E-state index in [1.54, 1.807) is 23.1 Å². The molecule has 5 nitrogen and oxygen atoms in total. The number of benzene rings is 2. The third-order valence-corrected chi connectivity index (χ3v) is 4.01. The molecule has 0 aliphatic carbocycles. The quantitative estimate of drug-likeness (QED) is 0.645. The number of amides is 1. The normalized spacial score (nSPS) is 16.4. The maximum Gasteiger partial charge on any atom is 0.273 e. The van der Waals surface area contributed by atoms with Crippen LogP contribution in [0.5, 0.6) is 0 Å². The zero-order chi connectivity index (χ0) is 15.7. The minimum absolute atomic E-state index is 0.00372. The molecule has 0 radical (unpaired) electrons. The minimum Gasteiger partial charge on any atom is -0.309 e. The Balaban J connectivity index is 1.89. The molecule has 22 heavy (non-hydrogen) atoms. The summed E-state index contributed by atoms with van der Waals surface area (Å²) >= 11 is 0. The molecule has 1 atom stereocenters. The molecule has 0 N–H and O–H groups in total. The Morgan fingerprint density at radius 1 is 1.23 bits per heavy atom. The number of nitro groups is 1. The summed E-state index contributed by atoms with van der Waals surface area (Å²) in [6, 6.07) is 14.3. The van der Waals surface area contributed by atoms with Gasteiger partial charge in [-0.1, -0.05) is 36.4 Å². The van der Waals surface area contributed by atoms with Gasteiger partial charge in [0.15, 0.2) is 0 Å². The highest BCUT2D eigenvalue weighted by Gasteiger charge is 2.31. The van der Waals surface area contributed by atoms with Gasteiger partial charge in [0.1, 0.15) is 0 Å². The first-order chi connectivity index (χ1) is 10.6. The molecule has 0 bridgehead atoms. The molecule has 0 fully saturated rings. The molecule has 2 aromatic rings. The Hall–Kier alpha value is -2.69. The molecule has 0 unspecified atom stereocenters. The first-order valence-corrected chi connectivity index (χ1v) is 7.20. The maximum absolute atomic E-state index is 12.7. The number of fused-ring (bicyclic) bond motifs is 1. The predicted molar refractivity (Wildman–Crippen MR) is 83.9 cm³/mol. The van der Waals surface area contributed by atoms with Gasteiger partial charge in [-0.25, -0.2) is 0 Å². The van der Waals surface area contributed by atoms with Crippen LogP contribution in [0.25, 0.3) is 0 Å². The lowest BCUT2D eigenvalue weighted by Crippen LogP contribution is -2.36. The van der Waals surface area contributed by atoms with Gasteiger partial charge in [0.2, 0.25) is 5.91 Å². The molecule has 1 aliphatic heterocycles. The molecular formula is C17H16N2O3. The number of hydrogen-bond acceptors (Lipinski definition) is 3. The van der Waals surface area contributed by atoms with Gasteiger partial charge in [0.05, 0.1) is 11.3 Å². The summed E-state index contributed by atoms with van der Waals surface area (Å²) in [5.74, 6) is -0.105. The number of nitro benzene ring substituents is 1. The number of anilines is 1. The standard InChI is InChI=1S/C17H16N2O3/c1-12-10-13-6-2-4-8-15(13)18(12)17(20)11-14-7-3-5-9-16(14)19(21)22/h2-9,12H,10-11H2,1H3/t12-/m1/s1. The first kappa shape index (κ1) is 14.3. The molecule has 3 rings (SSSR count). The Morgan fingerprint density at radius 2 is 1.91 bits per heavy atom. The van der Waals surface area contributed by atoms with Crippen LogP contribution in [0.15, 0.2) is 48.5 Å². The summed E-state index contributed by atoms with van der Waals surface area (Å²) in [7, 11) is 0. The summed E-state index contributed by atoms with van der Waals surface area (Å²) < 4.78 is 0. The van der Waals surface area contributed by atoms with Crippen LogP contribution in [0, 0.1) is 10.1 Å². The summed E-state index contributed by atoms with van der Waals surface area (Å²) in [6.45, 7) is 2.00. The van der Waals surface area contributed by atoms with E-state index in [-0.39, 0.29) is 24.1 Å². The largest absolute Gasteiger partial charge is 0.309 e. The molecule has 0 saturated carbocycles. The van der Waals surface area contributed by atoms with Crippen molar-refractivity contribution in [1.82, 2.24) is 0 Å². The maximum atomic E-state index is 12.7. The molecule has 1 heterocycles. The van der Waals surface area contributed by atoms with E-state index in [4.69, 9.17) is 0 Å². The predicted octanol–water partition coefficient (Wildman–Crippen LogP) is 3.12. The third kappa shape index (κ3) is 2.45. The van der Waals surface area contributed by atoms with Crippen molar-refractivity contribution in [3.63, 3.8) is 0 Å². The molecule has 2 aromatic carbocycles. The van der Waals surface area contributed by atoms with Crippen LogP contribution in [0.2, 0.25) is 0 Å². The Bertz CT molecular complexity index is 742. The van der Waals surface area contributed by atoms with Crippen molar-refractivity contribution in [2.45, 2.75) is 25.8 Å². The molecule has 0 saturated heterocycles. The second kappa shape index (κ2) is 5.60. The molecule has 112 valence electrons. The third-order valence-electron chi connectivity index (χ3n) is 4.01. The fraction of sp³-hybridized carbons (Fsp3) is 0.235. The average molecular weight is 296 g/mol. The molecule has 1 aliphatic rings. The topological polar surface area (TPSA) is 63.5 Å². The summed E-state index contributed by atoms with van der Waals surface area (Å²) in [5, 5.41) is 11.1. The Kier molecular flexibility index (Phi) is 3.63. The van der Waals surface area contributed by atoms with Crippen molar-refractivity contribution in [3.8, 4) is 0 Å². The minimum atomic E-state index is -0.441. The highest BCUT2D eigenvalue weighted by Crippen LogP contribution is 2.32. The van der Waals surface area contributed by atoms with E-state index in [0.717, 1.165) is 17.7 Å². The van der Waals surface area contributed by atoms with E-state index in [2.05, 4.69) is 0 Å². The van der Waals surface area contributed by atoms with Gasteiger partial charge in [-0.05, 0) is 25.0 Å². The van der Waals surface area contributed by atoms with Crippen molar-refractivity contribution in [1.29, 1.82) is 0 Å². The zero-order valence-electron chi connectivity index (χ0n) is 12.2. The van der Waals surface area contributed by atoms with Crippen LogP contribution in [-0.4, -0.2) is 16.9 Å². The number of nitrogens with zero attached hydrogens (tertiary/aromatic N) is 2. The summed E-state index contributed by atoms with van der Waals surface area (Å²) in [6.07, 6.45) is 0.856. The fourth-order valence-corrected chi connectivity index (χ4v) is 3.03. The summed E-state index contributed by atoms with van der Waals surface area (Å²) in [4.78, 5) is 25.0. The number of rotatable bonds is 3. The molecular weight excluding hydrogens is 280 g/mol. The number of carbonyl (C=O) groups is 1. The molecule has 0 spiro atoms. The first-order valence-electron chi connectivity index (χ1n) is 7.20. The van der Waals surface area contributed by atoms with E-state index in [0.29, 0.717) is 5.56 Å². The van der Waals surface area contributed by atoms with Crippen LogP contribution < -0.4 is 4.90 Å². The molecule has 0 aromatic heterocycles. The number of para-hydroxylation sites is 2. The Labute approximate surface area is 128 Å². The lowest BCUT2D eigenvalue weighted by atomic mass is 10.1. The second-order valence-corrected chi connectivity index (χ2v) is 5.51. The molecule has 5 heteroatoms. The average Bonchev–Trinajstić information content (AvgIpc) is 2.83. The SMILES string of the molecule is C[C@@H]1Cc2ccccc2N1C(=O)Cc1ccccc1[N+](=O)[O-]. The van der Waals surface area contributed by atoms with Crippen molar-refractivity contribution < 1.29 is 9.72 Å².